The summed E-state index contributed by atoms with van der Waals surface area (Å²) in [6.45, 7) is 4.55. The molecule has 2 N–H and O–H groups in total. The van der Waals surface area contributed by atoms with Gasteiger partial charge in [0.15, 0.2) is 0 Å². The predicted molar refractivity (Wildman–Crippen MR) is 39.8 cm³/mol. The highest BCUT2D eigenvalue weighted by Crippen LogP contribution is 2.04. The molecule has 0 aliphatic rings. The predicted octanol–water partition coefficient (Wildman–Crippen LogP) is -0.0641. The average Bonchev–Trinajstić information content (AvgIpc) is 1.78. The summed E-state index contributed by atoms with van der Waals surface area (Å²) < 4.78 is 0. The maximum atomic E-state index is 9.80. The van der Waals surface area contributed by atoms with Gasteiger partial charge in [-0.2, -0.15) is 0 Å². The second kappa shape index (κ2) is 4.41. The van der Waals surface area contributed by atoms with Crippen LogP contribution in [0.3, 0.4) is 0 Å². The lowest BCUT2D eigenvalue weighted by molar-refractivity contribution is -0.107. The van der Waals surface area contributed by atoms with E-state index in [1.807, 2.05) is 0 Å². The molecule has 0 saturated carbocycles. The van der Waals surface area contributed by atoms with Gasteiger partial charge in [0.05, 0.1) is 12.1 Å². The molecule has 0 spiro atoms. The fraction of sp³-hybridized carbons (Fsp3) is 0.857. The van der Waals surface area contributed by atoms with Crippen LogP contribution in [0.1, 0.15) is 20.3 Å². The lowest BCUT2D eigenvalue weighted by atomic mass is 10.1. The highest BCUT2D eigenvalue weighted by Gasteiger charge is 2.10. The van der Waals surface area contributed by atoms with Crippen molar-refractivity contribution in [3.8, 4) is 0 Å². The van der Waals surface area contributed by atoms with E-state index in [0.29, 0.717) is 19.5 Å². The third-order valence-electron chi connectivity index (χ3n) is 1.14. The normalized spacial score (nSPS) is 11.5. The molecule has 10 heavy (non-hydrogen) atoms. The van der Waals surface area contributed by atoms with E-state index in [1.54, 1.807) is 13.8 Å². The van der Waals surface area contributed by atoms with Crippen molar-refractivity contribution < 1.29 is 9.90 Å². The lowest BCUT2D eigenvalue weighted by Crippen LogP contribution is -2.27. The molecule has 0 bridgehead atoms. The van der Waals surface area contributed by atoms with Crippen LogP contribution in [0.2, 0.25) is 0 Å². The third kappa shape index (κ3) is 7.59. The first-order valence-electron chi connectivity index (χ1n) is 3.43. The first-order chi connectivity index (χ1) is 4.56. The molecule has 0 rings (SSSR count). The number of aldehydes is 1. The molecule has 0 aliphatic carbocycles. The zero-order valence-electron chi connectivity index (χ0n) is 6.55. The number of hydrogen-bond donors (Lipinski definition) is 2. The number of hydrogen-bond acceptors (Lipinski definition) is 3. The zero-order chi connectivity index (χ0) is 8.04. The summed E-state index contributed by atoms with van der Waals surface area (Å²) in [4.78, 5) is 9.80. The van der Waals surface area contributed by atoms with E-state index in [4.69, 9.17) is 0 Å². The van der Waals surface area contributed by atoms with Crippen LogP contribution >= 0.6 is 0 Å². The zero-order valence-corrected chi connectivity index (χ0v) is 6.55. The Bertz CT molecular complexity index is 96.3. The summed E-state index contributed by atoms with van der Waals surface area (Å²) in [6, 6.07) is 0. The second-order valence-corrected chi connectivity index (χ2v) is 2.93. The van der Waals surface area contributed by atoms with Gasteiger partial charge in [-0.25, -0.2) is 0 Å². The number of rotatable bonds is 5. The fourth-order valence-corrected chi connectivity index (χ4v) is 0.555. The van der Waals surface area contributed by atoms with E-state index >= 15 is 0 Å². The molecule has 3 heteroatoms. The minimum Gasteiger partial charge on any atom is -0.390 e. The Morgan fingerprint density at radius 1 is 1.60 bits per heavy atom. The van der Waals surface area contributed by atoms with E-state index in [1.165, 1.54) is 0 Å². The smallest absolute Gasteiger partial charge is 0.133 e. The highest BCUT2D eigenvalue weighted by molar-refractivity contribution is 5.51. The van der Waals surface area contributed by atoms with Crippen LogP contribution in [-0.2, 0) is 4.79 Å². The van der Waals surface area contributed by atoms with Gasteiger partial charge in [0.1, 0.15) is 6.29 Å². The maximum absolute atomic E-state index is 9.80. The fourth-order valence-electron chi connectivity index (χ4n) is 0.555. The van der Waals surface area contributed by atoms with Crippen molar-refractivity contribution in [1.82, 2.24) is 5.32 Å². The molecule has 0 aliphatic heterocycles. The number of nitrogens with one attached hydrogen (secondary N) is 1. The van der Waals surface area contributed by atoms with Crippen molar-refractivity contribution in [2.45, 2.75) is 25.9 Å². The van der Waals surface area contributed by atoms with Gasteiger partial charge in [-0.1, -0.05) is 0 Å². The van der Waals surface area contributed by atoms with Crippen molar-refractivity contribution in [2.75, 3.05) is 13.1 Å². The summed E-state index contributed by atoms with van der Waals surface area (Å²) >= 11 is 0. The molecule has 0 unspecified atom stereocenters. The Labute approximate surface area is 61.4 Å². The summed E-state index contributed by atoms with van der Waals surface area (Å²) in [5.41, 5.74) is -0.629. The highest BCUT2D eigenvalue weighted by atomic mass is 16.3. The molecule has 0 heterocycles. The number of aliphatic hydroxyl groups is 1. The lowest BCUT2D eigenvalue weighted by Gasteiger charge is -2.16. The Morgan fingerprint density at radius 2 is 2.20 bits per heavy atom. The molecule has 0 aromatic heterocycles. The largest absolute Gasteiger partial charge is 0.390 e. The van der Waals surface area contributed by atoms with Crippen LogP contribution in [-0.4, -0.2) is 30.1 Å². The second-order valence-electron chi connectivity index (χ2n) is 2.93. The Balaban J connectivity index is 3.12. The molecule has 60 valence electrons. The van der Waals surface area contributed by atoms with Gasteiger partial charge in [0, 0.05) is 0 Å². The first kappa shape index (κ1) is 9.59. The van der Waals surface area contributed by atoms with E-state index in [-0.39, 0.29) is 0 Å². The minimum atomic E-state index is -0.629. The molecule has 0 aromatic carbocycles. The van der Waals surface area contributed by atoms with E-state index in [9.17, 15) is 9.90 Å². The quantitative estimate of drug-likeness (QED) is 0.421. The maximum Gasteiger partial charge on any atom is 0.133 e. The van der Waals surface area contributed by atoms with Crippen LogP contribution in [0.4, 0.5) is 0 Å². The molecule has 0 fully saturated rings. The Morgan fingerprint density at radius 3 is 2.60 bits per heavy atom. The van der Waals surface area contributed by atoms with Crippen molar-refractivity contribution in [2.24, 2.45) is 0 Å². The van der Waals surface area contributed by atoms with Crippen LogP contribution in [0.25, 0.3) is 0 Å². The molecule has 0 saturated heterocycles. The van der Waals surface area contributed by atoms with Gasteiger partial charge >= 0.3 is 0 Å². The van der Waals surface area contributed by atoms with E-state index in [0.717, 1.165) is 6.29 Å². The van der Waals surface area contributed by atoms with Crippen LogP contribution in [0.15, 0.2) is 0 Å². The van der Waals surface area contributed by atoms with Gasteiger partial charge < -0.3 is 15.2 Å². The van der Waals surface area contributed by atoms with Gasteiger partial charge in [-0.15, -0.1) is 0 Å². The van der Waals surface area contributed by atoms with Gasteiger partial charge in [0.2, 0.25) is 0 Å². The van der Waals surface area contributed by atoms with Crippen LogP contribution in [0, 0.1) is 0 Å². The van der Waals surface area contributed by atoms with Crippen molar-refractivity contribution in [3.63, 3.8) is 0 Å². The number of carbonyl (C=O) groups excluding carboxylic acids is 1. The van der Waals surface area contributed by atoms with Crippen LogP contribution < -0.4 is 5.32 Å². The van der Waals surface area contributed by atoms with Crippen LogP contribution in [0.5, 0.6) is 0 Å². The van der Waals surface area contributed by atoms with Crippen molar-refractivity contribution >= 4 is 6.29 Å². The van der Waals surface area contributed by atoms with E-state index in [2.05, 4.69) is 5.32 Å². The molecule has 0 radical (unpaired) electrons. The molecule has 0 amide bonds. The summed E-state index contributed by atoms with van der Waals surface area (Å²) in [7, 11) is 0. The summed E-state index contributed by atoms with van der Waals surface area (Å²) in [5.74, 6) is 0. The van der Waals surface area contributed by atoms with Crippen molar-refractivity contribution in [3.05, 3.63) is 0 Å². The first-order valence-corrected chi connectivity index (χ1v) is 3.43. The standard InChI is InChI=1S/C7H15NO2/c1-7(2,10)3-4-8-5-6-9/h6,8,10H,3-5H2,1-2H3. The topological polar surface area (TPSA) is 49.3 Å². The average molecular weight is 145 g/mol. The third-order valence-corrected chi connectivity index (χ3v) is 1.14. The SMILES string of the molecule is CC(C)(O)CCNCC=O. The minimum absolute atomic E-state index is 0.371. The monoisotopic (exact) mass is 145 g/mol. The summed E-state index contributed by atoms with van der Waals surface area (Å²) in [6.07, 6.45) is 1.48. The van der Waals surface area contributed by atoms with Gasteiger partial charge in [0.25, 0.3) is 0 Å². The van der Waals surface area contributed by atoms with E-state index < -0.39 is 5.60 Å². The summed E-state index contributed by atoms with van der Waals surface area (Å²) in [5, 5.41) is 12.1. The molecule has 3 nitrogen and oxygen atoms in total. The number of carbonyl (C=O) groups is 1. The van der Waals surface area contributed by atoms with Gasteiger partial charge in [-0.05, 0) is 26.8 Å². The molecular formula is C7H15NO2. The van der Waals surface area contributed by atoms with Gasteiger partial charge in [-0.3, -0.25) is 0 Å². The van der Waals surface area contributed by atoms with Crippen molar-refractivity contribution in [1.29, 1.82) is 0 Å². The Hall–Kier alpha value is -0.410. The molecular weight excluding hydrogens is 130 g/mol. The molecule has 0 atom stereocenters. The Kier molecular flexibility index (Phi) is 4.23. The molecule has 0 aromatic rings.